The van der Waals surface area contributed by atoms with E-state index in [1.54, 1.807) is 19.1 Å². The molecule has 0 heterocycles. The molecule has 4 aliphatic carbocycles. The summed E-state index contributed by atoms with van der Waals surface area (Å²) in [7, 11) is 0. The minimum absolute atomic E-state index is 0.0453. The van der Waals surface area contributed by atoms with Crippen molar-refractivity contribution in [2.24, 2.45) is 28.6 Å². The number of ketones is 2. The minimum atomic E-state index is -1.63. The lowest BCUT2D eigenvalue weighted by molar-refractivity contribution is -0.189. The highest BCUT2D eigenvalue weighted by Gasteiger charge is 2.74. The number of carbonyl (C=O) groups is 2. The number of aliphatic hydroxyl groups excluding tert-OH is 1. The van der Waals surface area contributed by atoms with E-state index in [1.807, 2.05) is 33.8 Å². The van der Waals surface area contributed by atoms with Gasteiger partial charge in [-0.1, -0.05) is 32.4 Å². The Bertz CT molecular complexity index is 899. The molecule has 0 radical (unpaired) electrons. The Balaban J connectivity index is 1.68. The van der Waals surface area contributed by atoms with Gasteiger partial charge >= 0.3 is 0 Å². The predicted octanol–water partition coefficient (Wildman–Crippen LogP) is 3.57. The average molecular weight is 481 g/mol. The van der Waals surface area contributed by atoms with Crippen LogP contribution in [-0.2, 0) is 19.1 Å². The van der Waals surface area contributed by atoms with Gasteiger partial charge in [-0.2, -0.15) is 0 Å². The van der Waals surface area contributed by atoms with Crippen molar-refractivity contribution in [2.75, 3.05) is 13.2 Å². The fourth-order valence-electron chi connectivity index (χ4n) is 7.73. The van der Waals surface area contributed by atoms with Gasteiger partial charge in [0.25, 0.3) is 0 Å². The molecule has 9 atom stereocenters. The summed E-state index contributed by atoms with van der Waals surface area (Å²) in [5.74, 6) is -0.874. The van der Waals surface area contributed by atoms with E-state index >= 15 is 0 Å². The minimum Gasteiger partial charge on any atom is -0.391 e. The summed E-state index contributed by atoms with van der Waals surface area (Å²) in [5, 5.41) is 23.5. The molecule has 184 valence electrons. The molecule has 33 heavy (non-hydrogen) atoms. The molecule has 4 rings (SSSR count). The highest BCUT2D eigenvalue weighted by atomic mass is 35.5. The molecule has 0 aromatic carbocycles. The van der Waals surface area contributed by atoms with E-state index in [0.717, 1.165) is 5.57 Å². The van der Waals surface area contributed by atoms with Crippen LogP contribution in [0.4, 0.5) is 0 Å². The first-order chi connectivity index (χ1) is 15.4. The average Bonchev–Trinajstić information content (AvgIpc) is 2.95. The molecule has 0 saturated heterocycles. The first-order valence-electron chi connectivity index (χ1n) is 12.2. The quantitative estimate of drug-likeness (QED) is 0.446. The molecule has 0 aromatic rings. The molecule has 2 N–H and O–H groups in total. The third-order valence-corrected chi connectivity index (χ3v) is 10.4. The van der Waals surface area contributed by atoms with Crippen LogP contribution >= 0.6 is 11.6 Å². The summed E-state index contributed by atoms with van der Waals surface area (Å²) in [6.07, 6.45) is 5.83. The molecule has 0 aliphatic heterocycles. The maximum atomic E-state index is 13.4. The van der Waals surface area contributed by atoms with E-state index in [9.17, 15) is 19.8 Å². The smallest absolute Gasteiger partial charge is 0.190 e. The second-order valence-corrected chi connectivity index (χ2v) is 11.6. The zero-order valence-corrected chi connectivity index (χ0v) is 21.0. The van der Waals surface area contributed by atoms with Crippen molar-refractivity contribution < 1.29 is 29.3 Å². The van der Waals surface area contributed by atoms with Crippen LogP contribution in [0.15, 0.2) is 23.8 Å². The van der Waals surface area contributed by atoms with Crippen molar-refractivity contribution in [2.45, 2.75) is 83.2 Å². The molecule has 0 aromatic heterocycles. The highest BCUT2D eigenvalue weighted by molar-refractivity contribution is 6.26. The topological polar surface area (TPSA) is 93.1 Å². The van der Waals surface area contributed by atoms with Gasteiger partial charge in [0.05, 0.1) is 11.0 Å². The lowest BCUT2D eigenvalue weighted by Gasteiger charge is -2.63. The van der Waals surface area contributed by atoms with E-state index in [4.69, 9.17) is 21.1 Å². The van der Waals surface area contributed by atoms with Crippen LogP contribution in [0.5, 0.6) is 0 Å². The fraction of sp³-hybridized carbons (Fsp3) is 0.769. The van der Waals surface area contributed by atoms with Crippen LogP contribution < -0.4 is 0 Å². The predicted molar refractivity (Wildman–Crippen MR) is 125 cm³/mol. The van der Waals surface area contributed by atoms with E-state index in [0.29, 0.717) is 25.9 Å². The Morgan fingerprint density at radius 3 is 2.67 bits per heavy atom. The Hall–Kier alpha value is -1.05. The number of rotatable bonds is 6. The number of carbonyl (C=O) groups excluding carboxylic acids is 2. The first-order valence-corrected chi connectivity index (χ1v) is 12.5. The van der Waals surface area contributed by atoms with Gasteiger partial charge in [-0.15, -0.1) is 11.6 Å². The monoisotopic (exact) mass is 480 g/mol. The lowest BCUT2D eigenvalue weighted by Crippen LogP contribution is -2.69. The summed E-state index contributed by atoms with van der Waals surface area (Å²) >= 11 is 7.42. The van der Waals surface area contributed by atoms with Crippen molar-refractivity contribution in [1.29, 1.82) is 0 Å². The number of ether oxygens (including phenoxy) is 2. The zero-order chi connectivity index (χ0) is 24.4. The summed E-state index contributed by atoms with van der Waals surface area (Å²) in [6.45, 7) is 9.65. The lowest BCUT2D eigenvalue weighted by atomic mass is 9.45. The van der Waals surface area contributed by atoms with Gasteiger partial charge < -0.3 is 19.7 Å². The molecular formula is C26H37ClO6. The molecule has 4 aliphatic rings. The Morgan fingerprint density at radius 2 is 2.00 bits per heavy atom. The summed E-state index contributed by atoms with van der Waals surface area (Å²) in [4.78, 5) is 24.4. The number of hydrogen-bond acceptors (Lipinski definition) is 6. The molecule has 0 spiro atoms. The fourth-order valence-corrected chi connectivity index (χ4v) is 8.25. The van der Waals surface area contributed by atoms with Crippen molar-refractivity contribution in [3.63, 3.8) is 0 Å². The van der Waals surface area contributed by atoms with Gasteiger partial charge in [0.15, 0.2) is 17.9 Å². The van der Waals surface area contributed by atoms with Gasteiger partial charge in [-0.05, 0) is 69.4 Å². The second kappa shape index (κ2) is 8.27. The van der Waals surface area contributed by atoms with Crippen molar-refractivity contribution in [1.82, 2.24) is 0 Å². The largest absolute Gasteiger partial charge is 0.391 e. The normalized spacial score (nSPS) is 47.4. The molecule has 6 nitrogen and oxygen atoms in total. The van der Waals surface area contributed by atoms with E-state index < -0.39 is 33.7 Å². The Morgan fingerprint density at radius 1 is 1.30 bits per heavy atom. The van der Waals surface area contributed by atoms with Gasteiger partial charge in [0, 0.05) is 17.4 Å². The van der Waals surface area contributed by atoms with Crippen molar-refractivity contribution in [3.05, 3.63) is 23.8 Å². The third-order valence-electron chi connectivity index (χ3n) is 9.50. The zero-order valence-electron chi connectivity index (χ0n) is 20.3. The number of hydrogen-bond donors (Lipinski definition) is 2. The summed E-state index contributed by atoms with van der Waals surface area (Å²) in [6, 6.07) is 0. The number of allylic oxidation sites excluding steroid dienone is 4. The number of alkyl halides is 1. The van der Waals surface area contributed by atoms with Crippen LogP contribution in [0.3, 0.4) is 0 Å². The Kier molecular flexibility index (Phi) is 6.28. The second-order valence-electron chi connectivity index (χ2n) is 10.9. The summed E-state index contributed by atoms with van der Waals surface area (Å²) in [5.41, 5.74) is -2.16. The molecule has 3 saturated carbocycles. The van der Waals surface area contributed by atoms with Gasteiger partial charge in [-0.25, -0.2) is 0 Å². The van der Waals surface area contributed by atoms with Crippen molar-refractivity contribution >= 4 is 23.2 Å². The number of halogens is 1. The number of Topliss-reactive ketones (excluding diaryl/α,β-unsaturated/α-hetero) is 1. The molecule has 7 heteroatoms. The molecule has 0 amide bonds. The third kappa shape index (κ3) is 3.28. The van der Waals surface area contributed by atoms with E-state index in [-0.39, 0.29) is 42.3 Å². The maximum Gasteiger partial charge on any atom is 0.190 e. The molecule has 2 unspecified atom stereocenters. The number of fused-ring (bicyclic) bond motifs is 5. The maximum absolute atomic E-state index is 13.4. The SMILES string of the molecule is CCOC(C)OCC(=O)[C@@]1(O)[C@@H](C)C[C@H]2[C@@H]3CCC4=CC(=O)C=CC4(C)[C@@]3(Cl)[C@@H](O)C[C@@]21C. The van der Waals surface area contributed by atoms with Crippen LogP contribution in [0, 0.1) is 28.6 Å². The summed E-state index contributed by atoms with van der Waals surface area (Å²) < 4.78 is 10.9. The molecule has 3 fully saturated rings. The van der Waals surface area contributed by atoms with Gasteiger partial charge in [0.1, 0.15) is 12.2 Å². The van der Waals surface area contributed by atoms with Gasteiger partial charge in [-0.3, -0.25) is 9.59 Å². The molecular weight excluding hydrogens is 444 g/mol. The number of aliphatic hydroxyl groups is 2. The molecule has 0 bridgehead atoms. The van der Waals surface area contributed by atoms with Crippen LogP contribution in [0.25, 0.3) is 0 Å². The first kappa shape index (κ1) is 25.1. The van der Waals surface area contributed by atoms with E-state index in [1.165, 1.54) is 0 Å². The van der Waals surface area contributed by atoms with Crippen molar-refractivity contribution in [3.8, 4) is 0 Å². The van der Waals surface area contributed by atoms with Gasteiger partial charge in [0.2, 0.25) is 0 Å². The standard InChI is InChI=1S/C26H37ClO6/c1-6-32-16(3)33-14-22(30)26(31)15(2)11-20-19-8-7-17-12-18(28)9-10-23(17,4)25(19,27)21(29)13-24(20,26)5/h9-10,12,15-16,19-21,29,31H,6-8,11,13-14H2,1-5H3/t15-,16?,19-,20-,21-,23?,24-,25-,26-/m0/s1. The van der Waals surface area contributed by atoms with Crippen LogP contribution in [0.2, 0.25) is 0 Å². The van der Waals surface area contributed by atoms with Crippen LogP contribution in [-0.4, -0.2) is 57.9 Å². The highest BCUT2D eigenvalue weighted by Crippen LogP contribution is 2.71. The van der Waals surface area contributed by atoms with E-state index in [2.05, 4.69) is 0 Å². The van der Waals surface area contributed by atoms with Crippen LogP contribution in [0.1, 0.15) is 60.3 Å². The Labute approximate surface area is 201 Å².